The van der Waals surface area contributed by atoms with Gasteiger partial charge < -0.3 is 5.32 Å². The molecule has 5 nitrogen and oxygen atoms in total. The summed E-state index contributed by atoms with van der Waals surface area (Å²) in [5.41, 5.74) is 1.43. The van der Waals surface area contributed by atoms with Gasteiger partial charge in [0.15, 0.2) is 0 Å². The summed E-state index contributed by atoms with van der Waals surface area (Å²) in [7, 11) is -3.17. The van der Waals surface area contributed by atoms with Crippen molar-refractivity contribution >= 4 is 15.9 Å². The molecule has 0 aromatic heterocycles. The largest absolute Gasteiger partial charge is 0.355 e. The van der Waals surface area contributed by atoms with Crippen LogP contribution in [0.1, 0.15) is 44.9 Å². The van der Waals surface area contributed by atoms with E-state index < -0.39 is 10.0 Å². The Bertz CT molecular complexity index is 471. The Morgan fingerprint density at radius 1 is 1.25 bits per heavy atom. The molecule has 1 amide bonds. The van der Waals surface area contributed by atoms with Gasteiger partial charge in [-0.25, -0.2) is 8.42 Å². The fourth-order valence-corrected chi connectivity index (χ4v) is 4.23. The van der Waals surface area contributed by atoms with Crippen LogP contribution in [0.3, 0.4) is 0 Å². The number of hydrogen-bond acceptors (Lipinski definition) is 3. The molecule has 0 saturated carbocycles. The maximum Gasteiger partial charge on any atom is 0.235 e. The molecule has 6 heteroatoms. The van der Waals surface area contributed by atoms with E-state index in [1.807, 2.05) is 0 Å². The van der Waals surface area contributed by atoms with Crippen LogP contribution in [0.5, 0.6) is 0 Å². The minimum atomic E-state index is -3.17. The maximum atomic E-state index is 11.8. The molecule has 0 aromatic rings. The van der Waals surface area contributed by atoms with Crippen LogP contribution in [0.15, 0.2) is 11.6 Å². The zero-order valence-corrected chi connectivity index (χ0v) is 12.8. The van der Waals surface area contributed by atoms with Crippen LogP contribution in [0, 0.1) is 0 Å². The molecule has 114 valence electrons. The van der Waals surface area contributed by atoms with E-state index in [0.29, 0.717) is 19.5 Å². The first-order chi connectivity index (χ1) is 9.58. The van der Waals surface area contributed by atoms with Crippen LogP contribution >= 0.6 is 0 Å². The van der Waals surface area contributed by atoms with Gasteiger partial charge >= 0.3 is 0 Å². The van der Waals surface area contributed by atoms with Gasteiger partial charge in [-0.1, -0.05) is 18.1 Å². The van der Waals surface area contributed by atoms with Crippen LogP contribution in [-0.2, 0) is 14.8 Å². The number of hydrogen-bond donors (Lipinski definition) is 1. The van der Waals surface area contributed by atoms with Crippen LogP contribution in [-0.4, -0.2) is 44.0 Å². The van der Waals surface area contributed by atoms with E-state index >= 15 is 0 Å². The first-order valence-electron chi connectivity index (χ1n) is 7.50. The summed E-state index contributed by atoms with van der Waals surface area (Å²) >= 11 is 0. The molecule has 1 fully saturated rings. The summed E-state index contributed by atoms with van der Waals surface area (Å²) in [6.07, 6.45) is 9.89. The molecule has 1 saturated heterocycles. The highest BCUT2D eigenvalue weighted by atomic mass is 32.2. The summed E-state index contributed by atoms with van der Waals surface area (Å²) in [6, 6.07) is 0. The van der Waals surface area contributed by atoms with E-state index in [1.165, 1.54) is 29.1 Å². The standard InChI is InChI=1S/C14H24N2O3S/c17-14(12-16-10-5-11-20(16,18)19)15-9-8-13-6-3-1-2-4-7-13/h6H,1-5,7-12H2,(H,15,17). The lowest BCUT2D eigenvalue weighted by Gasteiger charge is -2.14. The van der Waals surface area contributed by atoms with Crippen molar-refractivity contribution in [2.24, 2.45) is 0 Å². The van der Waals surface area contributed by atoms with E-state index in [2.05, 4.69) is 11.4 Å². The first-order valence-corrected chi connectivity index (χ1v) is 9.11. The third-order valence-electron chi connectivity index (χ3n) is 3.93. The number of carbonyl (C=O) groups excluding carboxylic acids is 1. The van der Waals surface area contributed by atoms with Crippen molar-refractivity contribution in [3.8, 4) is 0 Å². The van der Waals surface area contributed by atoms with Crippen LogP contribution < -0.4 is 5.32 Å². The fraction of sp³-hybridized carbons (Fsp3) is 0.786. The van der Waals surface area contributed by atoms with Crippen molar-refractivity contribution in [1.29, 1.82) is 0 Å². The van der Waals surface area contributed by atoms with E-state index in [1.54, 1.807) is 0 Å². The molecular formula is C14H24N2O3S. The van der Waals surface area contributed by atoms with Crippen LogP contribution in [0.4, 0.5) is 0 Å². The second-order valence-corrected chi connectivity index (χ2v) is 7.65. The van der Waals surface area contributed by atoms with Gasteiger partial charge in [0.05, 0.1) is 12.3 Å². The van der Waals surface area contributed by atoms with Crippen molar-refractivity contribution in [2.45, 2.75) is 44.9 Å². The van der Waals surface area contributed by atoms with Gasteiger partial charge in [-0.2, -0.15) is 4.31 Å². The number of amides is 1. The zero-order chi connectivity index (χ0) is 14.4. The summed E-state index contributed by atoms with van der Waals surface area (Å²) in [5, 5.41) is 2.83. The van der Waals surface area contributed by atoms with Gasteiger partial charge in [-0.3, -0.25) is 4.79 Å². The highest BCUT2D eigenvalue weighted by molar-refractivity contribution is 7.89. The lowest BCUT2D eigenvalue weighted by molar-refractivity contribution is -0.121. The molecule has 0 spiro atoms. The van der Waals surface area contributed by atoms with Gasteiger partial charge in [0.2, 0.25) is 15.9 Å². The van der Waals surface area contributed by atoms with Crippen molar-refractivity contribution in [3.05, 3.63) is 11.6 Å². The van der Waals surface area contributed by atoms with E-state index in [9.17, 15) is 13.2 Å². The van der Waals surface area contributed by atoms with Gasteiger partial charge in [-0.15, -0.1) is 0 Å². The molecule has 2 rings (SSSR count). The lowest BCUT2D eigenvalue weighted by atomic mass is 10.1. The zero-order valence-electron chi connectivity index (χ0n) is 11.9. The summed E-state index contributed by atoms with van der Waals surface area (Å²) in [5.74, 6) is -0.0163. The first kappa shape index (κ1) is 15.5. The van der Waals surface area contributed by atoms with Gasteiger partial charge in [0.1, 0.15) is 0 Å². The van der Waals surface area contributed by atoms with Gasteiger partial charge in [-0.05, 0) is 38.5 Å². The Morgan fingerprint density at radius 3 is 2.85 bits per heavy atom. The summed E-state index contributed by atoms with van der Waals surface area (Å²) < 4.78 is 24.5. The van der Waals surface area contributed by atoms with Gasteiger partial charge in [0, 0.05) is 13.1 Å². The molecule has 1 heterocycles. The van der Waals surface area contributed by atoms with Crippen molar-refractivity contribution in [3.63, 3.8) is 0 Å². The number of allylic oxidation sites excluding steroid dienone is 1. The molecule has 1 aliphatic heterocycles. The molecule has 0 bridgehead atoms. The van der Waals surface area contributed by atoms with Crippen LogP contribution in [0.25, 0.3) is 0 Å². The van der Waals surface area contributed by atoms with E-state index in [-0.39, 0.29) is 18.2 Å². The third-order valence-corrected chi connectivity index (χ3v) is 5.83. The number of rotatable bonds is 5. The Morgan fingerprint density at radius 2 is 2.10 bits per heavy atom. The third kappa shape index (κ3) is 4.59. The molecule has 2 aliphatic rings. The molecule has 0 atom stereocenters. The molecule has 0 unspecified atom stereocenters. The van der Waals surface area contributed by atoms with E-state index in [4.69, 9.17) is 0 Å². The van der Waals surface area contributed by atoms with Crippen molar-refractivity contribution in [2.75, 3.05) is 25.4 Å². The van der Waals surface area contributed by atoms with E-state index in [0.717, 1.165) is 19.3 Å². The second-order valence-electron chi connectivity index (χ2n) is 5.56. The minimum Gasteiger partial charge on any atom is -0.355 e. The Balaban J connectivity index is 1.69. The van der Waals surface area contributed by atoms with Gasteiger partial charge in [0.25, 0.3) is 0 Å². The van der Waals surface area contributed by atoms with Crippen molar-refractivity contribution in [1.82, 2.24) is 9.62 Å². The minimum absolute atomic E-state index is 0.0264. The Kier molecular flexibility index (Phi) is 5.60. The smallest absolute Gasteiger partial charge is 0.235 e. The SMILES string of the molecule is O=C(CN1CCCS1(=O)=O)NCCC1=CCCCCC1. The fourth-order valence-electron chi connectivity index (χ4n) is 2.76. The second kappa shape index (κ2) is 7.22. The number of carbonyl (C=O) groups is 1. The molecule has 0 radical (unpaired) electrons. The lowest BCUT2D eigenvalue weighted by Crippen LogP contribution is -2.38. The highest BCUT2D eigenvalue weighted by Crippen LogP contribution is 2.19. The quantitative estimate of drug-likeness (QED) is 0.781. The molecule has 0 aromatic carbocycles. The average molecular weight is 300 g/mol. The monoisotopic (exact) mass is 300 g/mol. The number of nitrogens with zero attached hydrogens (tertiary/aromatic N) is 1. The average Bonchev–Trinajstić information content (AvgIpc) is 2.62. The number of sulfonamides is 1. The molecule has 20 heavy (non-hydrogen) atoms. The molecule has 1 aliphatic carbocycles. The normalized spacial score (nSPS) is 23.1. The summed E-state index contributed by atoms with van der Waals surface area (Å²) in [4.78, 5) is 11.8. The van der Waals surface area contributed by atoms with Crippen LogP contribution in [0.2, 0.25) is 0 Å². The predicted octanol–water partition coefficient (Wildman–Crippen LogP) is 1.42. The summed E-state index contributed by atoms with van der Waals surface area (Å²) in [6.45, 7) is 1.06. The molecule has 1 N–H and O–H groups in total. The highest BCUT2D eigenvalue weighted by Gasteiger charge is 2.29. The van der Waals surface area contributed by atoms with Crippen molar-refractivity contribution < 1.29 is 13.2 Å². The molecular weight excluding hydrogens is 276 g/mol. The number of nitrogens with one attached hydrogen (secondary N) is 1. The topological polar surface area (TPSA) is 66.5 Å². The predicted molar refractivity (Wildman–Crippen MR) is 78.8 cm³/mol. The Labute approximate surface area is 121 Å². The maximum absolute atomic E-state index is 11.8. The Hall–Kier alpha value is -0.880.